The highest BCUT2D eigenvalue weighted by atomic mass is 28.3. The van der Waals surface area contributed by atoms with Crippen molar-refractivity contribution in [3.63, 3.8) is 0 Å². The van der Waals surface area contributed by atoms with Crippen molar-refractivity contribution in [2.24, 2.45) is 0 Å². The molecule has 2 rings (SSSR count). The SMILES string of the molecule is CCOC(=O)[C@@]1([Si](C)(C)C)C[C@H]1B1OC(C)(C)C(C)(C)O1. The Balaban J connectivity index is 2.22. The molecule has 0 unspecified atom stereocenters. The van der Waals surface area contributed by atoms with Crippen LogP contribution in [0, 0.1) is 0 Å². The fourth-order valence-electron chi connectivity index (χ4n) is 3.33. The first-order valence-corrected chi connectivity index (χ1v) is 11.4. The van der Waals surface area contributed by atoms with Gasteiger partial charge in [0.15, 0.2) is 0 Å². The van der Waals surface area contributed by atoms with E-state index in [0.29, 0.717) is 6.61 Å². The van der Waals surface area contributed by atoms with Gasteiger partial charge in [-0.1, -0.05) is 19.6 Å². The Labute approximate surface area is 130 Å². The maximum atomic E-state index is 12.6. The van der Waals surface area contributed by atoms with Crippen molar-refractivity contribution in [2.75, 3.05) is 6.61 Å². The van der Waals surface area contributed by atoms with Gasteiger partial charge in [0.25, 0.3) is 0 Å². The molecule has 0 aromatic rings. The third kappa shape index (κ3) is 2.49. The van der Waals surface area contributed by atoms with E-state index < -0.39 is 8.07 Å². The summed E-state index contributed by atoms with van der Waals surface area (Å²) in [5.41, 5.74) is -0.694. The standard InChI is InChI=1S/C15H29BO4Si/c1-9-18-12(17)15(21(6,7)8)10-11(15)16-19-13(2,3)14(4,5)20-16/h11H,9-10H2,1-8H3/t11-,15-/m1/s1. The first-order valence-electron chi connectivity index (χ1n) is 7.92. The number of ether oxygens (including phenoxy) is 1. The number of hydrogen-bond donors (Lipinski definition) is 0. The summed E-state index contributed by atoms with van der Waals surface area (Å²) >= 11 is 0. The smallest absolute Gasteiger partial charge is 0.462 e. The molecule has 0 aromatic carbocycles. The van der Waals surface area contributed by atoms with Gasteiger partial charge >= 0.3 is 13.1 Å². The van der Waals surface area contributed by atoms with Crippen LogP contribution >= 0.6 is 0 Å². The second-order valence-electron chi connectivity index (χ2n) is 8.38. The molecule has 2 aliphatic rings. The second-order valence-corrected chi connectivity index (χ2v) is 13.8. The van der Waals surface area contributed by atoms with E-state index in [-0.39, 0.29) is 35.1 Å². The lowest BCUT2D eigenvalue weighted by molar-refractivity contribution is -0.144. The number of hydrogen-bond acceptors (Lipinski definition) is 4. The lowest BCUT2D eigenvalue weighted by Gasteiger charge is -2.32. The molecule has 0 N–H and O–H groups in total. The van der Waals surface area contributed by atoms with Gasteiger partial charge in [-0.25, -0.2) is 0 Å². The number of esters is 1. The van der Waals surface area contributed by atoms with E-state index in [1.165, 1.54) is 0 Å². The molecule has 0 radical (unpaired) electrons. The van der Waals surface area contributed by atoms with Crippen LogP contribution in [0.2, 0.25) is 30.5 Å². The molecular weight excluding hydrogens is 283 g/mol. The van der Waals surface area contributed by atoms with Gasteiger partial charge in [0.1, 0.15) is 0 Å². The first-order chi connectivity index (χ1) is 9.39. The summed E-state index contributed by atoms with van der Waals surface area (Å²) in [6.07, 6.45) is 0.832. The summed E-state index contributed by atoms with van der Waals surface area (Å²) in [6, 6.07) is 0. The Kier molecular flexibility index (Phi) is 3.92. The lowest BCUT2D eigenvalue weighted by Crippen LogP contribution is -2.41. The van der Waals surface area contributed by atoms with Crippen molar-refractivity contribution in [2.45, 2.75) is 82.7 Å². The predicted molar refractivity (Wildman–Crippen MR) is 87.1 cm³/mol. The predicted octanol–water partition coefficient (Wildman–Crippen LogP) is 3.49. The normalized spacial score (nSPS) is 33.9. The highest BCUT2D eigenvalue weighted by molar-refractivity contribution is 6.85. The molecule has 1 saturated carbocycles. The van der Waals surface area contributed by atoms with Crippen LogP contribution in [0.5, 0.6) is 0 Å². The van der Waals surface area contributed by atoms with E-state index >= 15 is 0 Å². The number of rotatable bonds is 4. The molecule has 6 heteroatoms. The first kappa shape index (κ1) is 17.0. The van der Waals surface area contributed by atoms with Gasteiger partial charge < -0.3 is 14.0 Å². The van der Waals surface area contributed by atoms with Gasteiger partial charge in [0, 0.05) is 5.82 Å². The van der Waals surface area contributed by atoms with Gasteiger partial charge in [-0.2, -0.15) is 0 Å². The minimum Gasteiger partial charge on any atom is -0.466 e. The number of carbonyl (C=O) groups excluding carboxylic acids is 1. The molecule has 21 heavy (non-hydrogen) atoms. The van der Waals surface area contributed by atoms with Crippen LogP contribution in [-0.4, -0.2) is 39.0 Å². The van der Waals surface area contributed by atoms with E-state index in [4.69, 9.17) is 14.0 Å². The van der Waals surface area contributed by atoms with Crippen molar-refractivity contribution in [3.05, 3.63) is 0 Å². The van der Waals surface area contributed by atoms with Crippen molar-refractivity contribution >= 4 is 21.2 Å². The van der Waals surface area contributed by atoms with Crippen molar-refractivity contribution < 1.29 is 18.8 Å². The average Bonchev–Trinajstić information content (AvgIpc) is 2.98. The van der Waals surface area contributed by atoms with Gasteiger partial charge in [0.2, 0.25) is 0 Å². The molecule has 0 spiro atoms. The molecule has 1 heterocycles. The molecule has 120 valence electrons. The number of carbonyl (C=O) groups is 1. The largest absolute Gasteiger partial charge is 0.466 e. The summed E-state index contributed by atoms with van der Waals surface area (Å²) in [5, 5.41) is -0.357. The van der Waals surface area contributed by atoms with Crippen molar-refractivity contribution in [1.82, 2.24) is 0 Å². The highest BCUT2D eigenvalue weighted by Gasteiger charge is 2.74. The van der Waals surface area contributed by atoms with E-state index in [0.717, 1.165) is 6.42 Å². The molecular formula is C15H29BO4Si. The molecule has 0 amide bonds. The average molecular weight is 312 g/mol. The van der Waals surface area contributed by atoms with Crippen LogP contribution in [-0.2, 0) is 18.8 Å². The zero-order chi connectivity index (χ0) is 16.3. The minimum atomic E-state index is -1.73. The summed E-state index contributed by atoms with van der Waals surface area (Å²) < 4.78 is 17.7. The highest BCUT2D eigenvalue weighted by Crippen LogP contribution is 2.73. The molecule has 0 aromatic heterocycles. The van der Waals surface area contributed by atoms with E-state index in [2.05, 4.69) is 47.3 Å². The fraction of sp³-hybridized carbons (Fsp3) is 0.933. The Hall–Kier alpha value is -0.328. The molecule has 0 bridgehead atoms. The van der Waals surface area contributed by atoms with Crippen LogP contribution < -0.4 is 0 Å². The molecule has 2 fully saturated rings. The molecule has 4 nitrogen and oxygen atoms in total. The summed E-state index contributed by atoms with van der Waals surface area (Å²) in [6.45, 7) is 17.2. The molecule has 1 saturated heterocycles. The van der Waals surface area contributed by atoms with E-state index in [1.807, 2.05) is 6.92 Å². The Bertz CT molecular complexity index is 427. The van der Waals surface area contributed by atoms with E-state index in [1.54, 1.807) is 0 Å². The maximum absolute atomic E-state index is 12.6. The Morgan fingerprint density at radius 3 is 2.05 bits per heavy atom. The molecule has 2 atom stereocenters. The topological polar surface area (TPSA) is 44.8 Å². The quantitative estimate of drug-likeness (QED) is 0.589. The second kappa shape index (κ2) is 4.83. The van der Waals surface area contributed by atoms with Crippen LogP contribution in [0.3, 0.4) is 0 Å². The van der Waals surface area contributed by atoms with E-state index in [9.17, 15) is 4.79 Å². The zero-order valence-corrected chi connectivity index (χ0v) is 15.7. The lowest BCUT2D eigenvalue weighted by atomic mass is 9.80. The minimum absolute atomic E-state index is 0.0520. The Morgan fingerprint density at radius 2 is 1.67 bits per heavy atom. The molecule has 1 aliphatic heterocycles. The maximum Gasteiger partial charge on any atom is 0.462 e. The van der Waals surface area contributed by atoms with Crippen molar-refractivity contribution in [3.8, 4) is 0 Å². The van der Waals surface area contributed by atoms with Crippen LogP contribution in [0.15, 0.2) is 0 Å². The van der Waals surface area contributed by atoms with Gasteiger partial charge in [-0.05, 0) is 41.0 Å². The Morgan fingerprint density at radius 1 is 1.19 bits per heavy atom. The van der Waals surface area contributed by atoms with Gasteiger partial charge in [-0.3, -0.25) is 4.79 Å². The van der Waals surface area contributed by atoms with Crippen molar-refractivity contribution in [1.29, 1.82) is 0 Å². The summed E-state index contributed by atoms with van der Waals surface area (Å²) in [7, 11) is -2.03. The third-order valence-electron chi connectivity index (χ3n) is 5.59. The zero-order valence-electron chi connectivity index (χ0n) is 14.7. The fourth-order valence-corrected chi connectivity index (χ4v) is 6.10. The summed E-state index contributed by atoms with van der Waals surface area (Å²) in [5.74, 6) is 0.0770. The van der Waals surface area contributed by atoms with Crippen LogP contribution in [0.1, 0.15) is 41.0 Å². The van der Waals surface area contributed by atoms with Crippen LogP contribution in [0.25, 0.3) is 0 Å². The van der Waals surface area contributed by atoms with Crippen LogP contribution in [0.4, 0.5) is 0 Å². The monoisotopic (exact) mass is 312 g/mol. The van der Waals surface area contributed by atoms with Gasteiger partial charge in [0.05, 0.1) is 30.9 Å². The van der Waals surface area contributed by atoms with Gasteiger partial charge in [-0.15, -0.1) is 0 Å². The molecule has 1 aliphatic carbocycles. The summed E-state index contributed by atoms with van der Waals surface area (Å²) in [4.78, 5) is 12.6. The third-order valence-corrected chi connectivity index (χ3v) is 9.05.